The number of methoxy groups -OCH3 is 2. The summed E-state index contributed by atoms with van der Waals surface area (Å²) in [5.74, 6) is 1.54. The average molecular weight is 543 g/mol. The minimum Gasteiger partial charge on any atom is -0.497 e. The second-order valence-corrected chi connectivity index (χ2v) is 9.50. The normalized spacial score (nSPS) is 10.3. The molecule has 0 radical (unpaired) electrons. The maximum atomic E-state index is 5.51. The van der Waals surface area contributed by atoms with Crippen molar-refractivity contribution in [3.8, 4) is 22.6 Å². The molecule has 0 amide bonds. The number of aryl methyl sites for hydroxylation is 2. The van der Waals surface area contributed by atoms with E-state index in [1.54, 1.807) is 14.2 Å². The van der Waals surface area contributed by atoms with Gasteiger partial charge in [0, 0.05) is 34.9 Å². The predicted molar refractivity (Wildman–Crippen MR) is 167 cm³/mol. The first-order valence-corrected chi connectivity index (χ1v) is 12.8. The van der Waals surface area contributed by atoms with Gasteiger partial charge in [0.2, 0.25) is 0 Å². The molecule has 8 heteroatoms. The summed E-state index contributed by atoms with van der Waals surface area (Å²) >= 11 is 11.0. The quantitative estimate of drug-likeness (QED) is 0.178. The third-order valence-electron chi connectivity index (χ3n) is 5.94. The van der Waals surface area contributed by atoms with Gasteiger partial charge in [0.15, 0.2) is 10.2 Å². The van der Waals surface area contributed by atoms with Crippen molar-refractivity contribution in [1.29, 1.82) is 0 Å². The fourth-order valence-corrected chi connectivity index (χ4v) is 4.39. The third kappa shape index (κ3) is 7.00. The molecule has 38 heavy (non-hydrogen) atoms. The Bertz CT molecular complexity index is 1360. The molecule has 0 heterocycles. The second kappa shape index (κ2) is 12.4. The summed E-state index contributed by atoms with van der Waals surface area (Å²) in [5.41, 5.74) is 8.01. The van der Waals surface area contributed by atoms with Crippen molar-refractivity contribution in [3.63, 3.8) is 0 Å². The number of ether oxygens (including phenoxy) is 2. The Morgan fingerprint density at radius 1 is 0.553 bits per heavy atom. The lowest BCUT2D eigenvalue weighted by Crippen LogP contribution is -2.19. The van der Waals surface area contributed by atoms with Crippen molar-refractivity contribution in [2.45, 2.75) is 13.8 Å². The monoisotopic (exact) mass is 542 g/mol. The van der Waals surface area contributed by atoms with E-state index < -0.39 is 0 Å². The molecule has 0 saturated carbocycles. The first kappa shape index (κ1) is 26.9. The second-order valence-electron chi connectivity index (χ2n) is 8.68. The lowest BCUT2D eigenvalue weighted by molar-refractivity contribution is 0.415. The molecule has 0 aliphatic carbocycles. The van der Waals surface area contributed by atoms with E-state index in [0.717, 1.165) is 56.5 Å². The Hall–Kier alpha value is -4.14. The molecule has 0 fully saturated rings. The van der Waals surface area contributed by atoms with Gasteiger partial charge in [-0.2, -0.15) is 0 Å². The Kier molecular flexibility index (Phi) is 8.78. The van der Waals surface area contributed by atoms with Crippen molar-refractivity contribution < 1.29 is 9.47 Å². The van der Waals surface area contributed by atoms with E-state index in [1.807, 2.05) is 60.7 Å². The van der Waals surface area contributed by atoms with Crippen LogP contribution in [0, 0.1) is 13.8 Å². The van der Waals surface area contributed by atoms with Gasteiger partial charge < -0.3 is 30.7 Å². The van der Waals surface area contributed by atoms with Gasteiger partial charge >= 0.3 is 0 Å². The van der Waals surface area contributed by atoms with Crippen molar-refractivity contribution in [2.75, 3.05) is 35.5 Å². The maximum absolute atomic E-state index is 5.51. The van der Waals surface area contributed by atoms with Crippen LogP contribution in [0.1, 0.15) is 11.1 Å². The van der Waals surface area contributed by atoms with E-state index in [-0.39, 0.29) is 0 Å². The number of thiocarbonyl (C=S) groups is 2. The van der Waals surface area contributed by atoms with E-state index >= 15 is 0 Å². The molecule has 0 spiro atoms. The minimum absolute atomic E-state index is 0.513. The highest BCUT2D eigenvalue weighted by Gasteiger charge is 2.08. The topological polar surface area (TPSA) is 66.6 Å². The van der Waals surface area contributed by atoms with Gasteiger partial charge in [0.05, 0.1) is 14.2 Å². The van der Waals surface area contributed by atoms with Gasteiger partial charge in [-0.05, 0) is 109 Å². The molecule has 0 bridgehead atoms. The molecule has 4 rings (SSSR count). The highest BCUT2D eigenvalue weighted by molar-refractivity contribution is 7.81. The smallest absolute Gasteiger partial charge is 0.175 e. The zero-order chi connectivity index (χ0) is 27.1. The van der Waals surface area contributed by atoms with E-state index in [1.165, 1.54) is 0 Å². The summed E-state index contributed by atoms with van der Waals surface area (Å²) in [5, 5.41) is 14.0. The van der Waals surface area contributed by atoms with Crippen LogP contribution < -0.4 is 30.7 Å². The summed E-state index contributed by atoms with van der Waals surface area (Å²) in [6, 6.07) is 27.8. The van der Waals surface area contributed by atoms with Crippen molar-refractivity contribution in [2.24, 2.45) is 0 Å². The zero-order valence-electron chi connectivity index (χ0n) is 21.7. The van der Waals surface area contributed by atoms with Crippen LogP contribution in [0.3, 0.4) is 0 Å². The molecule has 4 N–H and O–H groups in total. The fraction of sp³-hybridized carbons (Fsp3) is 0.133. The molecule has 0 atom stereocenters. The van der Waals surface area contributed by atoms with Gasteiger partial charge in [0.1, 0.15) is 11.5 Å². The Balaban J connectivity index is 1.40. The minimum atomic E-state index is 0.513. The molecule has 4 aromatic carbocycles. The molecular weight excluding hydrogens is 512 g/mol. The third-order valence-corrected chi connectivity index (χ3v) is 6.35. The molecule has 0 aliphatic heterocycles. The summed E-state index contributed by atoms with van der Waals surface area (Å²) in [6.07, 6.45) is 0. The maximum Gasteiger partial charge on any atom is 0.175 e. The van der Waals surface area contributed by atoms with Gasteiger partial charge in [-0.25, -0.2) is 0 Å². The summed E-state index contributed by atoms with van der Waals surface area (Å²) < 4.78 is 10.5. The number of nitrogens with one attached hydrogen (secondary N) is 4. The number of anilines is 4. The number of rotatable bonds is 7. The summed E-state index contributed by atoms with van der Waals surface area (Å²) in [7, 11) is 3.28. The number of hydrogen-bond donors (Lipinski definition) is 4. The molecule has 4 aromatic rings. The molecule has 0 saturated heterocycles. The molecule has 0 unspecified atom stereocenters. The van der Waals surface area contributed by atoms with E-state index in [0.29, 0.717) is 10.2 Å². The highest BCUT2D eigenvalue weighted by atomic mass is 32.1. The lowest BCUT2D eigenvalue weighted by atomic mass is 10.00. The number of benzene rings is 4. The zero-order valence-corrected chi connectivity index (χ0v) is 23.3. The standard InChI is InChI=1S/C30H30N4O2S2/c1-19-15-21(11-13-27(19)33-29(37)31-23-7-5-9-25(17-23)35-3)22-12-14-28(20(2)16-22)34-30(38)32-24-8-6-10-26(18-24)36-4/h5-18H,1-4H3,(H2,31,33,37)(H2,32,34,38). The molecule has 0 aromatic heterocycles. The lowest BCUT2D eigenvalue weighted by Gasteiger charge is -2.16. The summed E-state index contributed by atoms with van der Waals surface area (Å²) in [6.45, 7) is 4.12. The van der Waals surface area contributed by atoms with Crippen LogP contribution in [-0.4, -0.2) is 24.4 Å². The van der Waals surface area contributed by atoms with Gasteiger partial charge in [-0.1, -0.05) is 24.3 Å². The molecular formula is C30H30N4O2S2. The van der Waals surface area contributed by atoms with Crippen LogP contribution >= 0.6 is 24.4 Å². The Labute approximate surface area is 234 Å². The molecule has 6 nitrogen and oxygen atoms in total. The van der Waals surface area contributed by atoms with Crippen LogP contribution in [0.25, 0.3) is 11.1 Å². The fourth-order valence-electron chi connectivity index (χ4n) is 3.94. The van der Waals surface area contributed by atoms with E-state index in [4.69, 9.17) is 33.9 Å². The molecule has 0 aliphatic rings. The first-order valence-electron chi connectivity index (χ1n) is 12.0. The SMILES string of the molecule is COc1cccc(NC(=S)Nc2ccc(-c3ccc(NC(=S)Nc4cccc(OC)c4)c(C)c3)cc2C)c1. The van der Waals surface area contributed by atoms with Crippen molar-refractivity contribution in [3.05, 3.63) is 96.1 Å². The Morgan fingerprint density at radius 2 is 0.974 bits per heavy atom. The summed E-state index contributed by atoms with van der Waals surface area (Å²) in [4.78, 5) is 0. The van der Waals surface area contributed by atoms with E-state index in [2.05, 4.69) is 59.4 Å². The molecule has 194 valence electrons. The van der Waals surface area contributed by atoms with Crippen LogP contribution in [0.15, 0.2) is 84.9 Å². The van der Waals surface area contributed by atoms with Crippen LogP contribution in [0.4, 0.5) is 22.7 Å². The highest BCUT2D eigenvalue weighted by Crippen LogP contribution is 2.29. The number of hydrogen-bond acceptors (Lipinski definition) is 4. The van der Waals surface area contributed by atoms with Gasteiger partial charge in [-0.3, -0.25) is 0 Å². The predicted octanol–water partition coefficient (Wildman–Crippen LogP) is 7.61. The van der Waals surface area contributed by atoms with Gasteiger partial charge in [0.25, 0.3) is 0 Å². The van der Waals surface area contributed by atoms with Gasteiger partial charge in [-0.15, -0.1) is 0 Å². The van der Waals surface area contributed by atoms with E-state index in [9.17, 15) is 0 Å². The van der Waals surface area contributed by atoms with Crippen LogP contribution in [0.2, 0.25) is 0 Å². The Morgan fingerprint density at radius 3 is 1.34 bits per heavy atom. The van der Waals surface area contributed by atoms with Crippen LogP contribution in [-0.2, 0) is 0 Å². The van der Waals surface area contributed by atoms with Crippen LogP contribution in [0.5, 0.6) is 11.5 Å². The van der Waals surface area contributed by atoms with Crippen molar-refractivity contribution in [1.82, 2.24) is 0 Å². The largest absolute Gasteiger partial charge is 0.497 e. The van der Waals surface area contributed by atoms with Crippen molar-refractivity contribution >= 4 is 57.4 Å². The first-order chi connectivity index (χ1) is 18.3. The average Bonchev–Trinajstić information content (AvgIpc) is 2.91.